The smallest absolute Gasteiger partial charge is 0.416 e. The number of benzene rings is 1. The highest BCUT2D eigenvalue weighted by Gasteiger charge is 2.30. The Hall–Kier alpha value is -1.56. The first-order chi connectivity index (χ1) is 7.80. The van der Waals surface area contributed by atoms with Gasteiger partial charge in [0.1, 0.15) is 0 Å². The molecular weight excluding hydrogens is 235 g/mol. The van der Waals surface area contributed by atoms with Gasteiger partial charge < -0.3 is 10.4 Å². The molecule has 0 aliphatic rings. The van der Waals surface area contributed by atoms with Crippen molar-refractivity contribution in [2.75, 3.05) is 6.54 Å². The van der Waals surface area contributed by atoms with Gasteiger partial charge in [-0.05, 0) is 24.6 Å². The Morgan fingerprint density at radius 3 is 2.65 bits per heavy atom. The minimum Gasteiger partial charge on any atom is -0.480 e. The van der Waals surface area contributed by atoms with E-state index in [0.717, 1.165) is 12.1 Å². The van der Waals surface area contributed by atoms with E-state index in [-0.39, 0.29) is 6.54 Å². The van der Waals surface area contributed by atoms with Crippen molar-refractivity contribution in [2.24, 2.45) is 0 Å². The number of nitrogens with one attached hydrogen (secondary N) is 1. The van der Waals surface area contributed by atoms with Crippen LogP contribution >= 0.6 is 0 Å². The number of carboxylic acid groups (broad SMARTS) is 1. The summed E-state index contributed by atoms with van der Waals surface area (Å²) in [5.74, 6) is -1.05. The van der Waals surface area contributed by atoms with Crippen LogP contribution in [0.1, 0.15) is 24.1 Å². The third-order valence-corrected chi connectivity index (χ3v) is 2.27. The Balaban J connectivity index is 2.81. The van der Waals surface area contributed by atoms with E-state index in [1.54, 1.807) is 6.92 Å². The lowest BCUT2D eigenvalue weighted by Crippen LogP contribution is -2.25. The highest BCUT2D eigenvalue weighted by Crippen LogP contribution is 2.30. The predicted molar refractivity (Wildman–Crippen MR) is 55.5 cm³/mol. The second kappa shape index (κ2) is 5.18. The van der Waals surface area contributed by atoms with Crippen molar-refractivity contribution in [3.05, 3.63) is 35.4 Å². The molecule has 1 atom stereocenters. The zero-order valence-electron chi connectivity index (χ0n) is 9.08. The van der Waals surface area contributed by atoms with Gasteiger partial charge in [0, 0.05) is 6.04 Å². The van der Waals surface area contributed by atoms with E-state index < -0.39 is 23.8 Å². The molecule has 0 amide bonds. The van der Waals surface area contributed by atoms with Gasteiger partial charge in [-0.25, -0.2) is 0 Å². The number of aliphatic carboxylic acids is 1. The van der Waals surface area contributed by atoms with Gasteiger partial charge in [-0.15, -0.1) is 0 Å². The molecule has 0 spiro atoms. The van der Waals surface area contributed by atoms with Crippen molar-refractivity contribution >= 4 is 5.97 Å². The summed E-state index contributed by atoms with van der Waals surface area (Å²) in [7, 11) is 0. The number of hydrogen-bond donors (Lipinski definition) is 2. The fourth-order valence-corrected chi connectivity index (χ4v) is 1.34. The molecular formula is C11H12F3NO2. The third-order valence-electron chi connectivity index (χ3n) is 2.27. The number of alkyl halides is 3. The fraction of sp³-hybridized carbons (Fsp3) is 0.364. The molecule has 0 radical (unpaired) electrons. The van der Waals surface area contributed by atoms with Crippen molar-refractivity contribution in [2.45, 2.75) is 19.1 Å². The van der Waals surface area contributed by atoms with Crippen LogP contribution in [-0.2, 0) is 11.0 Å². The number of carbonyl (C=O) groups is 1. The maximum atomic E-state index is 12.4. The molecule has 3 nitrogen and oxygen atoms in total. The van der Waals surface area contributed by atoms with Crippen LogP contribution in [0.4, 0.5) is 13.2 Å². The topological polar surface area (TPSA) is 49.3 Å². The Morgan fingerprint density at radius 2 is 2.12 bits per heavy atom. The van der Waals surface area contributed by atoms with Crippen molar-refractivity contribution in [1.82, 2.24) is 5.32 Å². The van der Waals surface area contributed by atoms with E-state index in [2.05, 4.69) is 5.32 Å². The van der Waals surface area contributed by atoms with Crippen molar-refractivity contribution < 1.29 is 23.1 Å². The van der Waals surface area contributed by atoms with Crippen molar-refractivity contribution in [1.29, 1.82) is 0 Å². The van der Waals surface area contributed by atoms with Crippen LogP contribution in [0.25, 0.3) is 0 Å². The van der Waals surface area contributed by atoms with E-state index in [9.17, 15) is 18.0 Å². The third kappa shape index (κ3) is 4.07. The van der Waals surface area contributed by atoms with Crippen molar-refractivity contribution in [3.8, 4) is 0 Å². The number of rotatable bonds is 4. The monoisotopic (exact) mass is 247 g/mol. The standard InChI is InChI=1S/C11H12F3NO2/c1-7(15-6-10(16)17)8-3-2-4-9(5-8)11(12,13)14/h2-5,7,15H,6H2,1H3,(H,16,17). The van der Waals surface area contributed by atoms with Crippen molar-refractivity contribution in [3.63, 3.8) is 0 Å². The average Bonchev–Trinajstić information content (AvgIpc) is 2.25. The van der Waals surface area contributed by atoms with Gasteiger partial charge >= 0.3 is 12.1 Å². The van der Waals surface area contributed by atoms with Crippen LogP contribution in [-0.4, -0.2) is 17.6 Å². The molecule has 0 saturated heterocycles. The summed E-state index contributed by atoms with van der Waals surface area (Å²) < 4.78 is 37.3. The molecule has 1 rings (SSSR count). The molecule has 0 aliphatic carbocycles. The summed E-state index contributed by atoms with van der Waals surface area (Å²) in [5.41, 5.74) is -0.333. The first-order valence-corrected chi connectivity index (χ1v) is 4.93. The highest BCUT2D eigenvalue weighted by atomic mass is 19.4. The molecule has 1 unspecified atom stereocenters. The molecule has 0 saturated carbocycles. The largest absolute Gasteiger partial charge is 0.480 e. The molecule has 94 valence electrons. The van der Waals surface area contributed by atoms with Gasteiger partial charge in [-0.1, -0.05) is 12.1 Å². The summed E-state index contributed by atoms with van der Waals surface area (Å²) in [4.78, 5) is 10.3. The minimum absolute atomic E-state index is 0.294. The summed E-state index contributed by atoms with van der Waals surface area (Å²) in [5, 5.41) is 11.1. The summed E-state index contributed by atoms with van der Waals surface area (Å²) in [6, 6.07) is 4.37. The molecule has 1 aromatic carbocycles. The molecule has 0 bridgehead atoms. The maximum absolute atomic E-state index is 12.4. The van der Waals surface area contributed by atoms with Gasteiger partial charge in [-0.2, -0.15) is 13.2 Å². The van der Waals surface area contributed by atoms with Crippen LogP contribution in [0.15, 0.2) is 24.3 Å². The summed E-state index contributed by atoms with van der Waals surface area (Å²) >= 11 is 0. The average molecular weight is 247 g/mol. The zero-order valence-corrected chi connectivity index (χ0v) is 9.08. The molecule has 0 heterocycles. The van der Waals surface area contributed by atoms with Crippen LogP contribution in [0.3, 0.4) is 0 Å². The first kappa shape index (κ1) is 13.5. The molecule has 0 fully saturated rings. The van der Waals surface area contributed by atoms with Gasteiger partial charge in [0.15, 0.2) is 0 Å². The first-order valence-electron chi connectivity index (χ1n) is 4.93. The molecule has 1 aromatic rings. The lowest BCUT2D eigenvalue weighted by atomic mass is 10.0. The number of hydrogen-bond acceptors (Lipinski definition) is 2. The van der Waals surface area contributed by atoms with E-state index in [1.807, 2.05) is 0 Å². The van der Waals surface area contributed by atoms with Crippen LogP contribution < -0.4 is 5.32 Å². The van der Waals surface area contributed by atoms with Crippen LogP contribution in [0.2, 0.25) is 0 Å². The second-order valence-electron chi connectivity index (χ2n) is 3.62. The molecule has 6 heteroatoms. The van der Waals surface area contributed by atoms with E-state index in [4.69, 9.17) is 5.11 Å². The maximum Gasteiger partial charge on any atom is 0.416 e. The SMILES string of the molecule is CC(NCC(=O)O)c1cccc(C(F)(F)F)c1. The van der Waals surface area contributed by atoms with E-state index in [0.29, 0.717) is 5.56 Å². The molecule has 0 aliphatic heterocycles. The highest BCUT2D eigenvalue weighted by molar-refractivity contribution is 5.69. The van der Waals surface area contributed by atoms with E-state index in [1.165, 1.54) is 12.1 Å². The molecule has 2 N–H and O–H groups in total. The fourth-order valence-electron chi connectivity index (χ4n) is 1.34. The van der Waals surface area contributed by atoms with E-state index >= 15 is 0 Å². The number of carboxylic acids is 1. The van der Waals surface area contributed by atoms with Gasteiger partial charge in [0.2, 0.25) is 0 Å². The Kier molecular flexibility index (Phi) is 4.11. The zero-order chi connectivity index (χ0) is 13.1. The van der Waals surface area contributed by atoms with Gasteiger partial charge in [0.25, 0.3) is 0 Å². The summed E-state index contributed by atoms with van der Waals surface area (Å²) in [6.07, 6.45) is -4.39. The Morgan fingerprint density at radius 1 is 1.47 bits per heavy atom. The minimum atomic E-state index is -4.39. The Labute approximate surface area is 96.3 Å². The van der Waals surface area contributed by atoms with Gasteiger partial charge in [0.05, 0.1) is 12.1 Å². The van der Waals surface area contributed by atoms with Crippen LogP contribution in [0.5, 0.6) is 0 Å². The normalized spacial score (nSPS) is 13.4. The lowest BCUT2D eigenvalue weighted by Gasteiger charge is -2.14. The molecule has 0 aromatic heterocycles. The molecule has 17 heavy (non-hydrogen) atoms. The number of halogens is 3. The van der Waals surface area contributed by atoms with Crippen LogP contribution in [0, 0.1) is 0 Å². The predicted octanol–water partition coefficient (Wildman–Crippen LogP) is 2.44. The van der Waals surface area contributed by atoms with Gasteiger partial charge in [-0.3, -0.25) is 4.79 Å². The Bertz CT molecular complexity index is 404. The lowest BCUT2D eigenvalue weighted by molar-refractivity contribution is -0.138. The quantitative estimate of drug-likeness (QED) is 0.859. The summed E-state index contributed by atoms with van der Waals surface area (Å²) in [6.45, 7) is 1.32. The second-order valence-corrected chi connectivity index (χ2v) is 3.62.